The average Bonchev–Trinajstić information content (AvgIpc) is 2.38. The molecule has 3 nitrogen and oxygen atoms in total. The van der Waals surface area contributed by atoms with Gasteiger partial charge in [-0.2, -0.15) is 0 Å². The zero-order valence-electron chi connectivity index (χ0n) is 11.9. The highest BCUT2D eigenvalue weighted by atomic mass is 16.2. The minimum absolute atomic E-state index is 0.209. The van der Waals surface area contributed by atoms with Crippen molar-refractivity contribution in [3.05, 3.63) is 0 Å². The van der Waals surface area contributed by atoms with Crippen LogP contribution in [0.3, 0.4) is 0 Å². The molecule has 1 unspecified atom stereocenters. The van der Waals surface area contributed by atoms with Crippen molar-refractivity contribution in [2.24, 2.45) is 11.8 Å². The zero-order chi connectivity index (χ0) is 13.0. The number of piperidine rings is 1. The van der Waals surface area contributed by atoms with Crippen LogP contribution in [-0.2, 0) is 4.79 Å². The first kappa shape index (κ1) is 13.9. The lowest BCUT2D eigenvalue weighted by atomic mass is 9.83. The van der Waals surface area contributed by atoms with Crippen LogP contribution >= 0.6 is 0 Å². The van der Waals surface area contributed by atoms with Crippen molar-refractivity contribution >= 4 is 5.91 Å². The van der Waals surface area contributed by atoms with E-state index < -0.39 is 0 Å². The van der Waals surface area contributed by atoms with Crippen molar-refractivity contribution in [1.29, 1.82) is 0 Å². The Morgan fingerprint density at radius 3 is 2.61 bits per heavy atom. The van der Waals surface area contributed by atoms with Gasteiger partial charge < -0.3 is 10.6 Å². The Kier molecular flexibility index (Phi) is 4.66. The minimum atomic E-state index is -0.319. The molecule has 0 spiro atoms. The number of hydrogen-bond donors (Lipinski definition) is 2. The van der Waals surface area contributed by atoms with Crippen molar-refractivity contribution in [3.8, 4) is 0 Å². The molecule has 2 rings (SSSR count). The molecule has 1 aliphatic carbocycles. The molecular formula is C15H28N2O. The molecule has 1 atom stereocenters. The molecule has 2 N–H and O–H groups in total. The van der Waals surface area contributed by atoms with Crippen molar-refractivity contribution in [2.45, 2.75) is 64.3 Å². The predicted molar refractivity (Wildman–Crippen MR) is 74.4 cm³/mol. The van der Waals surface area contributed by atoms with Crippen molar-refractivity contribution in [3.63, 3.8) is 0 Å². The number of nitrogens with one attached hydrogen (secondary N) is 2. The van der Waals surface area contributed by atoms with Crippen LogP contribution in [0.5, 0.6) is 0 Å². The Hall–Kier alpha value is -0.570. The third kappa shape index (κ3) is 3.47. The molecule has 1 saturated heterocycles. The normalized spacial score (nSPS) is 37.2. The number of amides is 1. The molecule has 1 aliphatic heterocycles. The van der Waals surface area contributed by atoms with Gasteiger partial charge in [0.15, 0.2) is 0 Å². The van der Waals surface area contributed by atoms with Crippen LogP contribution in [0.2, 0.25) is 0 Å². The third-order valence-corrected chi connectivity index (χ3v) is 4.81. The molecule has 0 bridgehead atoms. The van der Waals surface area contributed by atoms with E-state index in [1.54, 1.807) is 0 Å². The highest BCUT2D eigenvalue weighted by Crippen LogP contribution is 2.28. The topological polar surface area (TPSA) is 41.1 Å². The Morgan fingerprint density at radius 2 is 2.00 bits per heavy atom. The van der Waals surface area contributed by atoms with E-state index in [1.807, 2.05) is 6.92 Å². The number of rotatable bonds is 3. The van der Waals surface area contributed by atoms with Crippen LogP contribution in [0.15, 0.2) is 0 Å². The molecule has 2 aliphatic rings. The monoisotopic (exact) mass is 252 g/mol. The summed E-state index contributed by atoms with van der Waals surface area (Å²) >= 11 is 0. The highest BCUT2D eigenvalue weighted by molar-refractivity contribution is 5.85. The number of carbonyl (C=O) groups is 1. The second kappa shape index (κ2) is 6.05. The van der Waals surface area contributed by atoms with Gasteiger partial charge in [0.1, 0.15) is 0 Å². The van der Waals surface area contributed by atoms with Crippen molar-refractivity contribution in [1.82, 2.24) is 10.6 Å². The second-order valence-corrected chi connectivity index (χ2v) is 6.55. The first-order chi connectivity index (χ1) is 8.60. The first-order valence-electron chi connectivity index (χ1n) is 7.63. The van der Waals surface area contributed by atoms with E-state index >= 15 is 0 Å². The lowest BCUT2D eigenvalue weighted by Gasteiger charge is -2.34. The Balaban J connectivity index is 1.74. The standard InChI is InChI=1S/C15H28N2O/c1-12-5-7-13(8-6-12)11-16-14(18)15(2)9-3-4-10-17-15/h12-13,17H,3-11H2,1-2H3,(H,16,18). The molecule has 1 heterocycles. The summed E-state index contributed by atoms with van der Waals surface area (Å²) in [6.45, 7) is 6.24. The van der Waals surface area contributed by atoms with Gasteiger partial charge in [-0.1, -0.05) is 19.8 Å². The molecule has 1 saturated carbocycles. The summed E-state index contributed by atoms with van der Waals surface area (Å²) in [4.78, 5) is 12.3. The van der Waals surface area contributed by atoms with Crippen LogP contribution in [-0.4, -0.2) is 24.5 Å². The van der Waals surface area contributed by atoms with Gasteiger partial charge in [0.25, 0.3) is 0 Å². The molecule has 0 aromatic carbocycles. The van der Waals surface area contributed by atoms with E-state index in [2.05, 4.69) is 17.6 Å². The van der Waals surface area contributed by atoms with E-state index in [0.29, 0.717) is 5.92 Å². The fraction of sp³-hybridized carbons (Fsp3) is 0.933. The van der Waals surface area contributed by atoms with Gasteiger partial charge in [-0.25, -0.2) is 0 Å². The number of hydrogen-bond acceptors (Lipinski definition) is 2. The van der Waals surface area contributed by atoms with E-state index in [0.717, 1.165) is 31.8 Å². The van der Waals surface area contributed by atoms with Crippen LogP contribution in [0.25, 0.3) is 0 Å². The van der Waals surface area contributed by atoms with Gasteiger partial charge in [0.05, 0.1) is 5.54 Å². The van der Waals surface area contributed by atoms with Gasteiger partial charge in [0, 0.05) is 6.54 Å². The Labute approximate surface area is 111 Å². The van der Waals surface area contributed by atoms with Crippen LogP contribution in [0, 0.1) is 11.8 Å². The van der Waals surface area contributed by atoms with Crippen LogP contribution in [0.1, 0.15) is 58.8 Å². The summed E-state index contributed by atoms with van der Waals surface area (Å²) in [5.74, 6) is 1.80. The second-order valence-electron chi connectivity index (χ2n) is 6.55. The summed E-state index contributed by atoms with van der Waals surface area (Å²) in [6, 6.07) is 0. The average molecular weight is 252 g/mol. The molecule has 18 heavy (non-hydrogen) atoms. The van der Waals surface area contributed by atoms with Gasteiger partial charge >= 0.3 is 0 Å². The molecule has 0 aromatic heterocycles. The van der Waals surface area contributed by atoms with Gasteiger partial charge in [0.2, 0.25) is 5.91 Å². The summed E-state index contributed by atoms with van der Waals surface area (Å²) in [5.41, 5.74) is -0.319. The minimum Gasteiger partial charge on any atom is -0.354 e. The van der Waals surface area contributed by atoms with Crippen molar-refractivity contribution in [2.75, 3.05) is 13.1 Å². The SMILES string of the molecule is CC1CCC(CNC(=O)C2(C)CCCCN2)CC1. The summed E-state index contributed by atoms with van der Waals surface area (Å²) < 4.78 is 0. The maximum Gasteiger partial charge on any atom is 0.240 e. The molecule has 104 valence electrons. The Bertz CT molecular complexity index is 276. The van der Waals surface area contributed by atoms with E-state index in [1.165, 1.54) is 32.1 Å². The molecular weight excluding hydrogens is 224 g/mol. The lowest BCUT2D eigenvalue weighted by molar-refractivity contribution is -0.128. The van der Waals surface area contributed by atoms with Gasteiger partial charge in [-0.15, -0.1) is 0 Å². The van der Waals surface area contributed by atoms with E-state index in [9.17, 15) is 4.79 Å². The maximum absolute atomic E-state index is 12.3. The maximum atomic E-state index is 12.3. The largest absolute Gasteiger partial charge is 0.354 e. The fourth-order valence-electron chi connectivity index (χ4n) is 3.22. The van der Waals surface area contributed by atoms with E-state index in [4.69, 9.17) is 0 Å². The summed E-state index contributed by atoms with van der Waals surface area (Å²) in [5, 5.41) is 6.55. The zero-order valence-corrected chi connectivity index (χ0v) is 11.9. The third-order valence-electron chi connectivity index (χ3n) is 4.81. The predicted octanol–water partition coefficient (Wildman–Crippen LogP) is 2.46. The smallest absolute Gasteiger partial charge is 0.240 e. The summed E-state index contributed by atoms with van der Waals surface area (Å²) in [7, 11) is 0. The van der Waals surface area contributed by atoms with Gasteiger partial charge in [-0.05, 0) is 57.4 Å². The number of carbonyl (C=O) groups excluding carboxylic acids is 1. The van der Waals surface area contributed by atoms with Gasteiger partial charge in [-0.3, -0.25) is 4.79 Å². The highest BCUT2D eigenvalue weighted by Gasteiger charge is 2.34. The summed E-state index contributed by atoms with van der Waals surface area (Å²) in [6.07, 6.45) is 8.56. The van der Waals surface area contributed by atoms with Crippen LogP contribution in [0.4, 0.5) is 0 Å². The first-order valence-corrected chi connectivity index (χ1v) is 7.63. The molecule has 0 radical (unpaired) electrons. The molecule has 1 amide bonds. The molecule has 3 heteroatoms. The fourth-order valence-corrected chi connectivity index (χ4v) is 3.22. The quantitative estimate of drug-likeness (QED) is 0.810. The Morgan fingerprint density at radius 1 is 1.28 bits per heavy atom. The molecule has 0 aromatic rings. The lowest BCUT2D eigenvalue weighted by Crippen LogP contribution is -2.57. The molecule has 2 fully saturated rings. The van der Waals surface area contributed by atoms with E-state index in [-0.39, 0.29) is 11.4 Å². The van der Waals surface area contributed by atoms with Crippen molar-refractivity contribution < 1.29 is 4.79 Å². The van der Waals surface area contributed by atoms with Crippen LogP contribution < -0.4 is 10.6 Å².